The molecule has 0 spiro atoms. The number of halogens is 1. The topological polar surface area (TPSA) is 93.7 Å². The Hall–Kier alpha value is -3.23. The normalized spacial score (nSPS) is 12.5. The lowest BCUT2D eigenvalue weighted by molar-refractivity contribution is 0.0951. The quantitative estimate of drug-likeness (QED) is 0.579. The van der Waals surface area contributed by atoms with Gasteiger partial charge in [0.05, 0.1) is 15.5 Å². The van der Waals surface area contributed by atoms with Crippen molar-refractivity contribution >= 4 is 33.2 Å². The minimum absolute atomic E-state index is 0.127. The zero-order valence-electron chi connectivity index (χ0n) is 16.5. The number of benzene rings is 3. The predicted octanol–water partition coefficient (Wildman–Crippen LogP) is 4.11. The van der Waals surface area contributed by atoms with Crippen LogP contribution in [0.25, 0.3) is 0 Å². The van der Waals surface area contributed by atoms with Gasteiger partial charge in [-0.2, -0.15) is 0 Å². The fraction of sp³-hybridized carbons (Fsp3) is 0.136. The highest BCUT2D eigenvalue weighted by atomic mass is 35.5. The van der Waals surface area contributed by atoms with Crippen molar-refractivity contribution in [3.8, 4) is 11.5 Å². The van der Waals surface area contributed by atoms with E-state index in [1.807, 2.05) is 13.0 Å². The first-order valence-electron chi connectivity index (χ1n) is 9.37. The summed E-state index contributed by atoms with van der Waals surface area (Å²) < 4.78 is 38.3. The van der Waals surface area contributed by atoms with Gasteiger partial charge in [-0.1, -0.05) is 35.4 Å². The maximum absolute atomic E-state index is 12.7. The summed E-state index contributed by atoms with van der Waals surface area (Å²) in [6.07, 6.45) is 0. The van der Waals surface area contributed by atoms with Gasteiger partial charge in [0.25, 0.3) is 15.9 Å². The molecule has 9 heteroatoms. The number of carbonyl (C=O) groups excluding carboxylic acids is 1. The van der Waals surface area contributed by atoms with Gasteiger partial charge in [-0.3, -0.25) is 9.52 Å². The number of rotatable bonds is 6. The molecule has 0 bridgehead atoms. The zero-order chi connectivity index (χ0) is 22.0. The summed E-state index contributed by atoms with van der Waals surface area (Å²) in [7, 11) is -3.80. The molecule has 0 aromatic heterocycles. The third-order valence-corrected chi connectivity index (χ3v) is 6.41. The minimum Gasteiger partial charge on any atom is -0.454 e. The highest BCUT2D eigenvalue weighted by molar-refractivity contribution is 7.92. The van der Waals surface area contributed by atoms with E-state index in [9.17, 15) is 13.2 Å². The molecule has 0 saturated heterocycles. The molecule has 31 heavy (non-hydrogen) atoms. The molecule has 3 aromatic carbocycles. The molecule has 3 aromatic rings. The summed E-state index contributed by atoms with van der Waals surface area (Å²) in [4.78, 5) is 12.8. The molecule has 0 saturated carbocycles. The summed E-state index contributed by atoms with van der Waals surface area (Å²) in [6.45, 7) is 2.29. The van der Waals surface area contributed by atoms with Gasteiger partial charge in [-0.25, -0.2) is 8.42 Å². The molecule has 0 aliphatic carbocycles. The van der Waals surface area contributed by atoms with Gasteiger partial charge in [-0.15, -0.1) is 0 Å². The molecule has 1 aliphatic rings. The van der Waals surface area contributed by atoms with Gasteiger partial charge in [0.2, 0.25) is 6.79 Å². The van der Waals surface area contributed by atoms with E-state index in [0.29, 0.717) is 11.5 Å². The van der Waals surface area contributed by atoms with Crippen molar-refractivity contribution in [3.05, 3.63) is 82.4 Å². The number of aryl methyl sites for hydroxylation is 1. The molecule has 1 aliphatic heterocycles. The van der Waals surface area contributed by atoms with Crippen molar-refractivity contribution in [1.29, 1.82) is 0 Å². The van der Waals surface area contributed by atoms with E-state index < -0.39 is 15.9 Å². The van der Waals surface area contributed by atoms with Crippen LogP contribution in [0.4, 0.5) is 5.69 Å². The third-order valence-electron chi connectivity index (χ3n) is 4.68. The second kappa shape index (κ2) is 8.49. The maximum atomic E-state index is 12.7. The van der Waals surface area contributed by atoms with Crippen LogP contribution in [0.2, 0.25) is 5.02 Å². The molecular weight excluding hydrogens is 440 g/mol. The van der Waals surface area contributed by atoms with Crippen molar-refractivity contribution < 1.29 is 22.7 Å². The SMILES string of the molecule is Cc1ccc(S(=O)(=O)Nc2ccc(Cl)c(C(=O)NCc3ccc4c(c3)OCO4)c2)cc1. The van der Waals surface area contributed by atoms with E-state index in [0.717, 1.165) is 11.1 Å². The smallest absolute Gasteiger partial charge is 0.261 e. The van der Waals surface area contributed by atoms with Crippen LogP contribution in [-0.2, 0) is 16.6 Å². The lowest BCUT2D eigenvalue weighted by atomic mass is 10.1. The number of hydrogen-bond acceptors (Lipinski definition) is 5. The van der Waals surface area contributed by atoms with Gasteiger partial charge in [0, 0.05) is 12.2 Å². The number of ether oxygens (including phenoxy) is 2. The first-order valence-corrected chi connectivity index (χ1v) is 11.2. The molecule has 0 fully saturated rings. The fourth-order valence-corrected chi connectivity index (χ4v) is 4.28. The summed E-state index contributed by atoms with van der Waals surface area (Å²) in [5, 5.41) is 2.99. The van der Waals surface area contributed by atoms with Crippen LogP contribution in [0.3, 0.4) is 0 Å². The number of anilines is 1. The average molecular weight is 459 g/mol. The van der Waals surface area contributed by atoms with Crippen LogP contribution in [0, 0.1) is 6.92 Å². The molecule has 4 rings (SSSR count). The largest absolute Gasteiger partial charge is 0.454 e. The Morgan fingerprint density at radius 2 is 1.74 bits per heavy atom. The maximum Gasteiger partial charge on any atom is 0.261 e. The lowest BCUT2D eigenvalue weighted by Gasteiger charge is -2.12. The van der Waals surface area contributed by atoms with Gasteiger partial charge < -0.3 is 14.8 Å². The predicted molar refractivity (Wildman–Crippen MR) is 117 cm³/mol. The van der Waals surface area contributed by atoms with Crippen LogP contribution in [0.1, 0.15) is 21.5 Å². The van der Waals surface area contributed by atoms with Crippen LogP contribution in [0.5, 0.6) is 11.5 Å². The first kappa shape index (κ1) is 21.0. The molecule has 0 unspecified atom stereocenters. The summed E-state index contributed by atoms with van der Waals surface area (Å²) in [5.74, 6) is 0.850. The Balaban J connectivity index is 1.48. The van der Waals surface area contributed by atoms with E-state index >= 15 is 0 Å². The van der Waals surface area contributed by atoms with Crippen molar-refractivity contribution in [1.82, 2.24) is 5.32 Å². The van der Waals surface area contributed by atoms with E-state index in [1.165, 1.54) is 30.3 Å². The number of carbonyl (C=O) groups is 1. The molecule has 2 N–H and O–H groups in total. The molecule has 1 heterocycles. The zero-order valence-corrected chi connectivity index (χ0v) is 18.1. The van der Waals surface area contributed by atoms with Crippen molar-refractivity contribution in [3.63, 3.8) is 0 Å². The van der Waals surface area contributed by atoms with Crippen LogP contribution < -0.4 is 19.5 Å². The van der Waals surface area contributed by atoms with Crippen LogP contribution in [0.15, 0.2) is 65.6 Å². The molecule has 160 valence electrons. The number of nitrogens with one attached hydrogen (secondary N) is 2. The second-order valence-corrected chi connectivity index (χ2v) is 9.07. The Kier molecular flexibility index (Phi) is 5.75. The van der Waals surface area contributed by atoms with Crippen LogP contribution in [-0.4, -0.2) is 21.1 Å². The van der Waals surface area contributed by atoms with E-state index in [4.69, 9.17) is 21.1 Å². The van der Waals surface area contributed by atoms with E-state index in [1.54, 1.807) is 24.3 Å². The molecule has 0 radical (unpaired) electrons. The van der Waals surface area contributed by atoms with Gasteiger partial charge in [0.15, 0.2) is 11.5 Å². The van der Waals surface area contributed by atoms with Gasteiger partial charge in [-0.05, 0) is 55.0 Å². The Labute approximate surface area is 185 Å². The second-order valence-electron chi connectivity index (χ2n) is 6.98. The average Bonchev–Trinajstić information content (AvgIpc) is 3.21. The molecule has 0 atom stereocenters. The first-order chi connectivity index (χ1) is 14.8. The third kappa shape index (κ3) is 4.76. The monoisotopic (exact) mass is 458 g/mol. The van der Waals surface area contributed by atoms with Gasteiger partial charge in [0.1, 0.15) is 0 Å². The fourth-order valence-electron chi connectivity index (χ4n) is 3.02. The number of hydrogen-bond donors (Lipinski definition) is 2. The molecule has 1 amide bonds. The summed E-state index contributed by atoms with van der Waals surface area (Å²) >= 11 is 6.18. The van der Waals surface area contributed by atoms with Crippen molar-refractivity contribution in [2.75, 3.05) is 11.5 Å². The Morgan fingerprint density at radius 3 is 2.52 bits per heavy atom. The summed E-state index contributed by atoms with van der Waals surface area (Å²) in [5.41, 5.74) is 2.17. The highest BCUT2D eigenvalue weighted by Crippen LogP contribution is 2.32. The van der Waals surface area contributed by atoms with Crippen molar-refractivity contribution in [2.24, 2.45) is 0 Å². The molecular formula is C22H19ClN2O5S. The Morgan fingerprint density at radius 1 is 1.00 bits per heavy atom. The van der Waals surface area contributed by atoms with Crippen LogP contribution >= 0.6 is 11.6 Å². The molecule has 7 nitrogen and oxygen atoms in total. The minimum atomic E-state index is -3.80. The van der Waals surface area contributed by atoms with Crippen molar-refractivity contribution in [2.45, 2.75) is 18.4 Å². The highest BCUT2D eigenvalue weighted by Gasteiger charge is 2.18. The number of amides is 1. The van der Waals surface area contributed by atoms with Gasteiger partial charge >= 0.3 is 0 Å². The van der Waals surface area contributed by atoms with E-state index in [2.05, 4.69) is 10.0 Å². The number of sulfonamides is 1. The lowest BCUT2D eigenvalue weighted by Crippen LogP contribution is -2.23. The standard InChI is InChI=1S/C22H19ClN2O5S/c1-14-2-6-17(7-3-14)31(27,28)25-16-5-8-19(23)18(11-16)22(26)24-12-15-4-9-20-21(10-15)30-13-29-20/h2-11,25H,12-13H2,1H3,(H,24,26). The Bertz CT molecular complexity index is 1240. The van der Waals surface area contributed by atoms with E-state index in [-0.39, 0.29) is 34.5 Å². The number of fused-ring (bicyclic) bond motifs is 1. The summed E-state index contributed by atoms with van der Waals surface area (Å²) in [6, 6.07) is 16.2.